The minimum atomic E-state index is -0.152. The van der Waals surface area contributed by atoms with Crippen LogP contribution in [0.2, 0.25) is 0 Å². The van der Waals surface area contributed by atoms with E-state index in [1.807, 2.05) is 26.0 Å². The van der Waals surface area contributed by atoms with E-state index in [0.717, 1.165) is 18.7 Å². The second-order valence-electron chi connectivity index (χ2n) is 4.77. The Labute approximate surface area is 102 Å². The Morgan fingerprint density at radius 1 is 1.41 bits per heavy atom. The fraction of sp³-hybridized carbons (Fsp3) is 0.462. The fourth-order valence-corrected chi connectivity index (χ4v) is 2.05. The standard InChI is InChI=1S/C13H19N3O/c1-9(2)14-13(17)15-11-5-4-10-6-7-16(3)12(10)8-11/h4-5,8-9H,6-7H2,1-3H3,(H2,14,15,17). The summed E-state index contributed by atoms with van der Waals surface area (Å²) in [4.78, 5) is 13.8. The summed E-state index contributed by atoms with van der Waals surface area (Å²) < 4.78 is 0. The summed E-state index contributed by atoms with van der Waals surface area (Å²) >= 11 is 0. The van der Waals surface area contributed by atoms with Gasteiger partial charge in [-0.15, -0.1) is 0 Å². The minimum absolute atomic E-state index is 0.145. The number of anilines is 2. The molecular formula is C13H19N3O. The lowest BCUT2D eigenvalue weighted by Crippen LogP contribution is -2.34. The maximum atomic E-state index is 11.6. The van der Waals surface area contributed by atoms with Gasteiger partial charge in [0.25, 0.3) is 0 Å². The molecule has 0 atom stereocenters. The van der Waals surface area contributed by atoms with Crippen LogP contribution >= 0.6 is 0 Å². The van der Waals surface area contributed by atoms with Crippen molar-refractivity contribution in [1.29, 1.82) is 0 Å². The van der Waals surface area contributed by atoms with E-state index in [0.29, 0.717) is 0 Å². The molecule has 4 heteroatoms. The second-order valence-corrected chi connectivity index (χ2v) is 4.77. The quantitative estimate of drug-likeness (QED) is 0.822. The topological polar surface area (TPSA) is 44.4 Å². The number of hydrogen-bond donors (Lipinski definition) is 2. The summed E-state index contributed by atoms with van der Waals surface area (Å²) in [6, 6.07) is 6.07. The molecule has 0 aromatic heterocycles. The average molecular weight is 233 g/mol. The van der Waals surface area contributed by atoms with Crippen LogP contribution in [-0.4, -0.2) is 25.7 Å². The van der Waals surface area contributed by atoms with Crippen LogP contribution in [0.25, 0.3) is 0 Å². The van der Waals surface area contributed by atoms with Crippen LogP contribution in [0.1, 0.15) is 19.4 Å². The van der Waals surface area contributed by atoms with E-state index in [-0.39, 0.29) is 12.1 Å². The van der Waals surface area contributed by atoms with E-state index in [1.54, 1.807) is 0 Å². The Morgan fingerprint density at radius 3 is 2.88 bits per heavy atom. The van der Waals surface area contributed by atoms with Crippen molar-refractivity contribution in [3.8, 4) is 0 Å². The van der Waals surface area contributed by atoms with Crippen molar-refractivity contribution in [3.05, 3.63) is 23.8 Å². The van der Waals surface area contributed by atoms with E-state index in [1.165, 1.54) is 11.3 Å². The van der Waals surface area contributed by atoms with Crippen molar-refractivity contribution < 1.29 is 4.79 Å². The third-order valence-corrected chi connectivity index (χ3v) is 2.89. The predicted octanol–water partition coefficient (Wildman–Crippen LogP) is 2.21. The molecule has 0 radical (unpaired) electrons. The summed E-state index contributed by atoms with van der Waals surface area (Å²) in [5, 5.41) is 5.65. The van der Waals surface area contributed by atoms with Gasteiger partial charge in [-0.1, -0.05) is 6.07 Å². The van der Waals surface area contributed by atoms with E-state index >= 15 is 0 Å². The average Bonchev–Trinajstić information content (AvgIpc) is 2.59. The first-order valence-corrected chi connectivity index (χ1v) is 5.98. The molecule has 1 aliphatic heterocycles. The molecule has 1 heterocycles. The summed E-state index contributed by atoms with van der Waals surface area (Å²) in [6.45, 7) is 4.93. The number of likely N-dealkylation sites (N-methyl/N-ethyl adjacent to an activating group) is 1. The normalized spacial score (nSPS) is 13.8. The smallest absolute Gasteiger partial charge is 0.319 e. The number of rotatable bonds is 2. The highest BCUT2D eigenvalue weighted by Crippen LogP contribution is 2.29. The minimum Gasteiger partial charge on any atom is -0.374 e. The van der Waals surface area contributed by atoms with Gasteiger partial charge in [-0.2, -0.15) is 0 Å². The van der Waals surface area contributed by atoms with E-state index in [4.69, 9.17) is 0 Å². The van der Waals surface area contributed by atoms with Gasteiger partial charge in [-0.25, -0.2) is 4.79 Å². The molecular weight excluding hydrogens is 214 g/mol. The molecule has 92 valence electrons. The SMILES string of the molecule is CC(C)NC(=O)Nc1ccc2c(c1)N(C)CC2. The largest absolute Gasteiger partial charge is 0.374 e. The third kappa shape index (κ3) is 2.70. The third-order valence-electron chi connectivity index (χ3n) is 2.89. The zero-order valence-electron chi connectivity index (χ0n) is 10.6. The van der Waals surface area contributed by atoms with E-state index in [9.17, 15) is 4.79 Å². The molecule has 2 N–H and O–H groups in total. The maximum Gasteiger partial charge on any atom is 0.319 e. The number of benzene rings is 1. The number of carbonyl (C=O) groups is 1. The summed E-state index contributed by atoms with van der Waals surface area (Å²) in [5.41, 5.74) is 3.41. The van der Waals surface area contributed by atoms with Gasteiger partial charge in [0.15, 0.2) is 0 Å². The van der Waals surface area contributed by atoms with Gasteiger partial charge in [0.2, 0.25) is 0 Å². The molecule has 0 fully saturated rings. The lowest BCUT2D eigenvalue weighted by atomic mass is 10.1. The van der Waals surface area contributed by atoms with Crippen molar-refractivity contribution in [2.75, 3.05) is 23.8 Å². The van der Waals surface area contributed by atoms with Crippen molar-refractivity contribution in [2.45, 2.75) is 26.3 Å². The molecule has 1 aromatic rings. The number of nitrogens with zero attached hydrogens (tertiary/aromatic N) is 1. The Balaban J connectivity index is 2.08. The van der Waals surface area contributed by atoms with Crippen LogP contribution in [-0.2, 0) is 6.42 Å². The molecule has 2 amide bonds. The number of amides is 2. The van der Waals surface area contributed by atoms with Crippen LogP contribution in [0, 0.1) is 0 Å². The highest BCUT2D eigenvalue weighted by molar-refractivity contribution is 5.90. The molecule has 0 aliphatic carbocycles. The number of carbonyl (C=O) groups excluding carboxylic acids is 1. The van der Waals surface area contributed by atoms with Gasteiger partial charge < -0.3 is 15.5 Å². The molecule has 0 saturated carbocycles. The Kier molecular flexibility index (Phi) is 3.22. The number of urea groups is 1. The Hall–Kier alpha value is -1.71. The summed E-state index contributed by atoms with van der Waals surface area (Å²) in [7, 11) is 2.07. The van der Waals surface area contributed by atoms with E-state index < -0.39 is 0 Å². The lowest BCUT2D eigenvalue weighted by molar-refractivity contribution is 0.250. The number of fused-ring (bicyclic) bond motifs is 1. The molecule has 1 aliphatic rings. The van der Waals surface area contributed by atoms with Crippen LogP contribution < -0.4 is 15.5 Å². The first-order valence-electron chi connectivity index (χ1n) is 5.98. The molecule has 0 spiro atoms. The van der Waals surface area contributed by atoms with Gasteiger partial charge >= 0.3 is 6.03 Å². The monoisotopic (exact) mass is 233 g/mol. The molecule has 0 saturated heterocycles. The first kappa shape index (κ1) is 11.8. The Bertz CT molecular complexity index is 429. The fourth-order valence-electron chi connectivity index (χ4n) is 2.05. The Morgan fingerprint density at radius 2 is 2.18 bits per heavy atom. The highest BCUT2D eigenvalue weighted by atomic mass is 16.2. The van der Waals surface area contributed by atoms with Crippen LogP contribution in [0.3, 0.4) is 0 Å². The van der Waals surface area contributed by atoms with Crippen molar-refractivity contribution in [2.24, 2.45) is 0 Å². The summed E-state index contributed by atoms with van der Waals surface area (Å²) in [5.74, 6) is 0. The molecule has 0 bridgehead atoms. The molecule has 17 heavy (non-hydrogen) atoms. The van der Waals surface area contributed by atoms with Gasteiger partial charge in [-0.3, -0.25) is 0 Å². The number of hydrogen-bond acceptors (Lipinski definition) is 2. The predicted molar refractivity (Wildman–Crippen MR) is 70.7 cm³/mol. The van der Waals surface area contributed by atoms with Crippen LogP contribution in [0.5, 0.6) is 0 Å². The first-order chi connectivity index (χ1) is 8.06. The highest BCUT2D eigenvalue weighted by Gasteiger charge is 2.16. The van der Waals surface area contributed by atoms with E-state index in [2.05, 4.69) is 28.6 Å². The van der Waals surface area contributed by atoms with Crippen molar-refractivity contribution in [3.63, 3.8) is 0 Å². The number of nitrogens with one attached hydrogen (secondary N) is 2. The van der Waals surface area contributed by atoms with Gasteiger partial charge in [-0.05, 0) is 38.0 Å². The van der Waals surface area contributed by atoms with Crippen molar-refractivity contribution >= 4 is 17.4 Å². The van der Waals surface area contributed by atoms with Gasteiger partial charge in [0.1, 0.15) is 0 Å². The molecule has 1 aromatic carbocycles. The second kappa shape index (κ2) is 4.65. The zero-order chi connectivity index (χ0) is 12.4. The molecule has 0 unspecified atom stereocenters. The van der Waals surface area contributed by atoms with Gasteiger partial charge in [0, 0.05) is 31.0 Å². The van der Waals surface area contributed by atoms with Gasteiger partial charge in [0.05, 0.1) is 0 Å². The zero-order valence-corrected chi connectivity index (χ0v) is 10.6. The van der Waals surface area contributed by atoms with Crippen molar-refractivity contribution in [1.82, 2.24) is 5.32 Å². The lowest BCUT2D eigenvalue weighted by Gasteiger charge is -2.14. The van der Waals surface area contributed by atoms with Crippen LogP contribution in [0.15, 0.2) is 18.2 Å². The van der Waals surface area contributed by atoms with Crippen LogP contribution in [0.4, 0.5) is 16.2 Å². The maximum absolute atomic E-state index is 11.6. The molecule has 4 nitrogen and oxygen atoms in total. The molecule has 2 rings (SSSR count). The summed E-state index contributed by atoms with van der Waals surface area (Å²) in [6.07, 6.45) is 1.09.